The van der Waals surface area contributed by atoms with Gasteiger partial charge >= 0.3 is 6.18 Å². The van der Waals surface area contributed by atoms with Gasteiger partial charge in [-0.15, -0.1) is 20.4 Å². The molecule has 37 heavy (non-hydrogen) atoms. The maximum atomic E-state index is 14.0. The van der Waals surface area contributed by atoms with Gasteiger partial charge in [-0.2, -0.15) is 13.2 Å². The molecule has 9 nitrogen and oxygen atoms in total. The highest BCUT2D eigenvalue weighted by molar-refractivity contribution is 7.99. The fourth-order valence-electron chi connectivity index (χ4n) is 3.12. The number of thioether (sulfide) groups is 1. The normalized spacial score (nSPS) is 11.4. The van der Waals surface area contributed by atoms with Gasteiger partial charge in [-0.1, -0.05) is 41.3 Å². The van der Waals surface area contributed by atoms with Crippen molar-refractivity contribution in [3.8, 4) is 5.69 Å². The number of rotatable bonds is 8. The van der Waals surface area contributed by atoms with Crippen molar-refractivity contribution in [1.82, 2.24) is 30.3 Å². The average Bonchev–Trinajstić information content (AvgIpc) is 3.46. The second kappa shape index (κ2) is 11.0. The van der Waals surface area contributed by atoms with E-state index in [0.717, 1.165) is 30.0 Å². The Kier molecular flexibility index (Phi) is 7.83. The third kappa shape index (κ3) is 6.48. The molecular weight excluding hydrogens is 534 g/mol. The molecule has 0 spiro atoms. The van der Waals surface area contributed by atoms with Crippen LogP contribution in [0, 0.1) is 12.7 Å². The van der Waals surface area contributed by atoms with Crippen LogP contribution in [0.25, 0.3) is 5.69 Å². The number of halogens is 4. The SMILES string of the molecule is Cc1nnc(NC(=O)CSc2nnc(CNC(=O)c3ccccc3F)n2-c2cccc(C(F)(F)F)c2)s1. The molecule has 0 radical (unpaired) electrons. The number of nitrogens with zero attached hydrogens (tertiary/aromatic N) is 5. The molecule has 0 aliphatic heterocycles. The second-order valence-electron chi connectivity index (χ2n) is 7.41. The van der Waals surface area contributed by atoms with E-state index in [-0.39, 0.29) is 34.5 Å². The summed E-state index contributed by atoms with van der Waals surface area (Å²) in [6.45, 7) is 1.46. The van der Waals surface area contributed by atoms with Crippen LogP contribution in [0.2, 0.25) is 0 Å². The Morgan fingerprint density at radius 2 is 1.84 bits per heavy atom. The first-order valence-electron chi connectivity index (χ1n) is 10.5. The molecule has 2 aromatic heterocycles. The number of benzene rings is 2. The van der Waals surface area contributed by atoms with Gasteiger partial charge in [0.05, 0.1) is 29.1 Å². The van der Waals surface area contributed by atoms with Gasteiger partial charge in [0.25, 0.3) is 5.91 Å². The molecule has 0 atom stereocenters. The molecule has 4 rings (SSSR count). The summed E-state index contributed by atoms with van der Waals surface area (Å²) in [7, 11) is 0. The van der Waals surface area contributed by atoms with Crippen LogP contribution >= 0.6 is 23.1 Å². The molecule has 2 amide bonds. The lowest BCUT2D eigenvalue weighted by molar-refractivity contribution is -0.137. The van der Waals surface area contributed by atoms with Gasteiger partial charge in [-0.25, -0.2) is 4.39 Å². The number of hydrogen-bond acceptors (Lipinski definition) is 8. The minimum absolute atomic E-state index is 0.0672. The molecule has 0 bridgehead atoms. The van der Waals surface area contributed by atoms with Crippen molar-refractivity contribution in [3.05, 3.63) is 76.3 Å². The summed E-state index contributed by atoms with van der Waals surface area (Å²) < 4.78 is 55.3. The van der Waals surface area contributed by atoms with Crippen LogP contribution in [0.5, 0.6) is 0 Å². The van der Waals surface area contributed by atoms with E-state index >= 15 is 0 Å². The van der Waals surface area contributed by atoms with Crippen molar-refractivity contribution >= 4 is 40.0 Å². The summed E-state index contributed by atoms with van der Waals surface area (Å²) in [5, 5.41) is 21.7. The first-order valence-corrected chi connectivity index (χ1v) is 12.3. The Balaban J connectivity index is 1.58. The molecule has 2 aromatic carbocycles. The second-order valence-corrected chi connectivity index (χ2v) is 9.53. The van der Waals surface area contributed by atoms with E-state index in [1.165, 1.54) is 46.2 Å². The van der Waals surface area contributed by atoms with E-state index in [4.69, 9.17) is 0 Å². The first-order chi connectivity index (χ1) is 17.6. The molecule has 0 aliphatic carbocycles. The highest BCUT2D eigenvalue weighted by Crippen LogP contribution is 2.31. The number of hydrogen-bond donors (Lipinski definition) is 2. The monoisotopic (exact) mass is 551 g/mol. The topological polar surface area (TPSA) is 115 Å². The van der Waals surface area contributed by atoms with Crippen molar-refractivity contribution in [2.24, 2.45) is 0 Å². The Hall–Kier alpha value is -3.85. The Morgan fingerprint density at radius 3 is 2.54 bits per heavy atom. The quantitative estimate of drug-likeness (QED) is 0.249. The summed E-state index contributed by atoms with van der Waals surface area (Å²) in [5.74, 6) is -1.98. The fraction of sp³-hybridized carbons (Fsp3) is 0.182. The van der Waals surface area contributed by atoms with Crippen molar-refractivity contribution in [2.75, 3.05) is 11.1 Å². The maximum absolute atomic E-state index is 14.0. The summed E-state index contributed by atoms with van der Waals surface area (Å²) in [5.41, 5.74) is -1.04. The van der Waals surface area contributed by atoms with Gasteiger partial charge in [0, 0.05) is 0 Å². The third-order valence-corrected chi connectivity index (χ3v) is 6.45. The summed E-state index contributed by atoms with van der Waals surface area (Å²) in [4.78, 5) is 24.8. The van der Waals surface area contributed by atoms with Crippen LogP contribution in [0.1, 0.15) is 26.8 Å². The zero-order valence-electron chi connectivity index (χ0n) is 18.9. The van der Waals surface area contributed by atoms with E-state index in [9.17, 15) is 27.2 Å². The lowest BCUT2D eigenvalue weighted by atomic mass is 10.2. The zero-order valence-corrected chi connectivity index (χ0v) is 20.5. The third-order valence-electron chi connectivity index (χ3n) is 4.76. The Morgan fingerprint density at radius 1 is 1.05 bits per heavy atom. The van der Waals surface area contributed by atoms with Crippen molar-refractivity contribution in [1.29, 1.82) is 0 Å². The largest absolute Gasteiger partial charge is 0.416 e. The number of carbonyl (C=O) groups is 2. The first kappa shape index (κ1) is 26.2. The number of carbonyl (C=O) groups excluding carboxylic acids is 2. The molecule has 0 unspecified atom stereocenters. The van der Waals surface area contributed by atoms with Gasteiger partial charge in [-0.3, -0.25) is 19.5 Å². The van der Waals surface area contributed by atoms with Crippen molar-refractivity contribution < 1.29 is 27.2 Å². The van der Waals surface area contributed by atoms with Crippen molar-refractivity contribution in [3.63, 3.8) is 0 Å². The van der Waals surface area contributed by atoms with Crippen LogP contribution < -0.4 is 10.6 Å². The lowest BCUT2D eigenvalue weighted by Crippen LogP contribution is -2.25. The number of aryl methyl sites for hydroxylation is 1. The highest BCUT2D eigenvalue weighted by Gasteiger charge is 2.31. The number of anilines is 1. The molecule has 2 heterocycles. The predicted octanol–water partition coefficient (Wildman–Crippen LogP) is 4.25. The minimum Gasteiger partial charge on any atom is -0.345 e. The zero-order chi connectivity index (χ0) is 26.6. The summed E-state index contributed by atoms with van der Waals surface area (Å²) >= 11 is 2.11. The van der Waals surface area contributed by atoms with E-state index < -0.39 is 29.4 Å². The van der Waals surface area contributed by atoms with Crippen LogP contribution in [0.15, 0.2) is 53.7 Å². The minimum atomic E-state index is -4.60. The fourth-order valence-corrected chi connectivity index (χ4v) is 4.50. The van der Waals surface area contributed by atoms with Gasteiger partial charge < -0.3 is 5.32 Å². The Bertz CT molecular complexity index is 1440. The molecule has 2 N–H and O–H groups in total. The molecule has 0 saturated heterocycles. The van der Waals surface area contributed by atoms with E-state index in [1.54, 1.807) is 6.92 Å². The number of aromatic nitrogens is 5. The summed E-state index contributed by atoms with van der Waals surface area (Å²) in [6.07, 6.45) is -4.60. The van der Waals surface area contributed by atoms with E-state index in [2.05, 4.69) is 31.0 Å². The number of nitrogens with one attached hydrogen (secondary N) is 2. The molecule has 4 aromatic rings. The molecular formula is C22H17F4N7O2S2. The molecule has 15 heteroatoms. The lowest BCUT2D eigenvalue weighted by Gasteiger charge is -2.13. The van der Waals surface area contributed by atoms with E-state index in [1.807, 2.05) is 0 Å². The van der Waals surface area contributed by atoms with Crippen LogP contribution in [0.3, 0.4) is 0 Å². The number of alkyl halides is 3. The summed E-state index contributed by atoms with van der Waals surface area (Å²) in [6, 6.07) is 9.80. The van der Waals surface area contributed by atoms with E-state index in [0.29, 0.717) is 10.1 Å². The number of amides is 2. The predicted molar refractivity (Wildman–Crippen MR) is 128 cm³/mol. The standard InChI is InChI=1S/C22H17F4N7O2S2/c1-12-29-31-20(37-12)28-18(34)11-36-21-32-30-17(10-27-19(35)15-7-2-3-8-16(15)23)33(21)14-6-4-5-13(9-14)22(24,25)26/h2-9H,10-11H2,1H3,(H,27,35)(H,28,31,34). The molecule has 0 saturated carbocycles. The van der Waals surface area contributed by atoms with Crippen LogP contribution in [0.4, 0.5) is 22.7 Å². The molecule has 0 fully saturated rings. The smallest absolute Gasteiger partial charge is 0.345 e. The Labute approximate surface area is 215 Å². The van der Waals surface area contributed by atoms with Gasteiger partial charge in [0.2, 0.25) is 11.0 Å². The van der Waals surface area contributed by atoms with Gasteiger partial charge in [0.15, 0.2) is 11.0 Å². The van der Waals surface area contributed by atoms with Crippen LogP contribution in [-0.2, 0) is 17.5 Å². The average molecular weight is 552 g/mol. The molecule has 0 aliphatic rings. The molecule has 192 valence electrons. The van der Waals surface area contributed by atoms with Crippen molar-refractivity contribution in [2.45, 2.75) is 24.8 Å². The highest BCUT2D eigenvalue weighted by atomic mass is 32.2. The maximum Gasteiger partial charge on any atom is 0.416 e. The van der Waals surface area contributed by atoms with Gasteiger partial charge in [-0.05, 0) is 37.3 Å². The van der Waals surface area contributed by atoms with Crippen LogP contribution in [-0.4, -0.2) is 42.5 Å². The van der Waals surface area contributed by atoms with Gasteiger partial charge in [0.1, 0.15) is 10.8 Å².